The molecule has 0 aliphatic heterocycles. The molecule has 0 fully saturated rings. The molecule has 0 radical (unpaired) electrons. The molecule has 1 heterocycles. The summed E-state index contributed by atoms with van der Waals surface area (Å²) in [5.74, 6) is -0.0115. The highest BCUT2D eigenvalue weighted by Crippen LogP contribution is 2.00. The number of amides is 1. The summed E-state index contributed by atoms with van der Waals surface area (Å²) in [6.07, 6.45) is 0. The second kappa shape index (κ2) is 4.02. The van der Waals surface area contributed by atoms with Crippen molar-refractivity contribution in [2.75, 3.05) is 0 Å². The molecule has 5 heteroatoms. The molecular weight excluding hydrogens is 170 g/mol. The first-order chi connectivity index (χ1) is 6.11. The Bertz CT molecular complexity index is 293. The fourth-order valence-electron chi connectivity index (χ4n) is 0.785. The molecule has 0 bridgehead atoms. The van der Waals surface area contributed by atoms with Gasteiger partial charge in [0.1, 0.15) is 11.4 Å². The average molecular weight is 183 g/mol. The van der Waals surface area contributed by atoms with Crippen LogP contribution in [0.1, 0.15) is 25.2 Å². The van der Waals surface area contributed by atoms with Gasteiger partial charge in [-0.3, -0.25) is 4.79 Å². The number of hydrogen-bond donors (Lipinski definition) is 1. The van der Waals surface area contributed by atoms with Gasteiger partial charge in [0, 0.05) is 5.92 Å². The monoisotopic (exact) mass is 183 g/mol. The molecular formula is C8H13N3O2. The lowest BCUT2D eigenvalue weighted by Crippen LogP contribution is -2.27. The van der Waals surface area contributed by atoms with Gasteiger partial charge in [-0.15, -0.1) is 0 Å². The molecule has 0 aliphatic carbocycles. The van der Waals surface area contributed by atoms with E-state index in [0.29, 0.717) is 17.9 Å². The maximum absolute atomic E-state index is 11.2. The van der Waals surface area contributed by atoms with Crippen LogP contribution in [0.15, 0.2) is 4.63 Å². The van der Waals surface area contributed by atoms with Crippen molar-refractivity contribution in [3.05, 3.63) is 11.4 Å². The van der Waals surface area contributed by atoms with Crippen molar-refractivity contribution in [1.29, 1.82) is 0 Å². The Kier molecular flexibility index (Phi) is 3.00. The molecule has 0 unspecified atom stereocenters. The van der Waals surface area contributed by atoms with E-state index in [1.807, 2.05) is 13.8 Å². The molecule has 1 amide bonds. The van der Waals surface area contributed by atoms with Crippen molar-refractivity contribution in [3.63, 3.8) is 0 Å². The van der Waals surface area contributed by atoms with Crippen LogP contribution in [-0.2, 0) is 11.3 Å². The van der Waals surface area contributed by atoms with Crippen LogP contribution in [-0.4, -0.2) is 16.2 Å². The van der Waals surface area contributed by atoms with E-state index in [1.165, 1.54) is 0 Å². The Balaban J connectivity index is 2.44. The average Bonchev–Trinajstić information content (AvgIpc) is 2.47. The maximum Gasteiger partial charge on any atom is 0.222 e. The predicted octanol–water partition coefficient (Wildman–Crippen LogP) is 0.650. The quantitative estimate of drug-likeness (QED) is 0.747. The lowest BCUT2D eigenvalue weighted by atomic mass is 10.2. The third-order valence-corrected chi connectivity index (χ3v) is 1.70. The first-order valence-electron chi connectivity index (χ1n) is 4.17. The molecule has 1 aromatic rings. The van der Waals surface area contributed by atoms with Crippen molar-refractivity contribution < 1.29 is 9.42 Å². The molecule has 0 aromatic carbocycles. The third kappa shape index (κ3) is 2.54. The highest BCUT2D eigenvalue weighted by molar-refractivity contribution is 5.77. The standard InChI is InChI=1S/C8H13N3O2/c1-5(2)8(12)9-4-7-6(3)10-13-11-7/h5H,4H2,1-3H3,(H,9,12). The first kappa shape index (κ1) is 9.70. The third-order valence-electron chi connectivity index (χ3n) is 1.70. The molecule has 72 valence electrons. The van der Waals surface area contributed by atoms with Gasteiger partial charge in [-0.25, -0.2) is 4.63 Å². The lowest BCUT2D eigenvalue weighted by Gasteiger charge is -2.04. The smallest absolute Gasteiger partial charge is 0.222 e. The molecule has 0 aliphatic rings. The minimum Gasteiger partial charge on any atom is -0.350 e. The van der Waals surface area contributed by atoms with Crippen LogP contribution >= 0.6 is 0 Å². The van der Waals surface area contributed by atoms with Crippen LogP contribution < -0.4 is 5.32 Å². The van der Waals surface area contributed by atoms with Crippen LogP contribution in [0.3, 0.4) is 0 Å². The highest BCUT2D eigenvalue weighted by Gasteiger charge is 2.09. The van der Waals surface area contributed by atoms with Crippen LogP contribution in [0, 0.1) is 12.8 Å². The normalized spacial score (nSPS) is 10.5. The Labute approximate surface area is 76.5 Å². The van der Waals surface area contributed by atoms with E-state index >= 15 is 0 Å². The Morgan fingerprint density at radius 1 is 1.54 bits per heavy atom. The number of nitrogens with one attached hydrogen (secondary N) is 1. The number of nitrogens with zero attached hydrogens (tertiary/aromatic N) is 2. The first-order valence-corrected chi connectivity index (χ1v) is 4.17. The lowest BCUT2D eigenvalue weighted by molar-refractivity contribution is -0.124. The maximum atomic E-state index is 11.2. The molecule has 1 N–H and O–H groups in total. The Hall–Kier alpha value is -1.39. The molecule has 1 aromatic heterocycles. The fraction of sp³-hybridized carbons (Fsp3) is 0.625. The van der Waals surface area contributed by atoms with Crippen LogP contribution in [0.2, 0.25) is 0 Å². The van der Waals surface area contributed by atoms with Crippen LogP contribution in [0.5, 0.6) is 0 Å². The summed E-state index contributed by atoms with van der Waals surface area (Å²) in [7, 11) is 0. The molecule has 0 saturated heterocycles. The summed E-state index contributed by atoms with van der Waals surface area (Å²) in [5, 5.41) is 9.97. The predicted molar refractivity (Wildman–Crippen MR) is 45.7 cm³/mol. The van der Waals surface area contributed by atoms with Gasteiger partial charge < -0.3 is 5.32 Å². The zero-order valence-electron chi connectivity index (χ0n) is 8.00. The summed E-state index contributed by atoms with van der Waals surface area (Å²) in [5.41, 5.74) is 1.39. The molecule has 13 heavy (non-hydrogen) atoms. The van der Waals surface area contributed by atoms with Crippen LogP contribution in [0.25, 0.3) is 0 Å². The Morgan fingerprint density at radius 3 is 2.69 bits per heavy atom. The fourth-order valence-corrected chi connectivity index (χ4v) is 0.785. The molecule has 1 rings (SSSR count). The number of aryl methyl sites for hydroxylation is 1. The zero-order chi connectivity index (χ0) is 9.84. The number of carbonyl (C=O) groups is 1. The van der Waals surface area contributed by atoms with E-state index in [-0.39, 0.29) is 11.8 Å². The van der Waals surface area contributed by atoms with Gasteiger partial charge in [-0.2, -0.15) is 0 Å². The van der Waals surface area contributed by atoms with Gasteiger partial charge in [0.25, 0.3) is 0 Å². The van der Waals surface area contributed by atoms with Gasteiger partial charge in [0.15, 0.2) is 0 Å². The minimum absolute atomic E-state index is 0.00222. The van der Waals surface area contributed by atoms with Gasteiger partial charge in [-0.05, 0) is 6.92 Å². The highest BCUT2D eigenvalue weighted by atomic mass is 16.6. The summed E-state index contributed by atoms with van der Waals surface area (Å²) in [6.45, 7) is 5.84. The second-order valence-corrected chi connectivity index (χ2v) is 3.17. The summed E-state index contributed by atoms with van der Waals surface area (Å²) >= 11 is 0. The van der Waals surface area contributed by atoms with Gasteiger partial charge in [0.05, 0.1) is 6.54 Å². The molecule has 5 nitrogen and oxygen atoms in total. The number of carbonyl (C=O) groups excluding carboxylic acids is 1. The summed E-state index contributed by atoms with van der Waals surface area (Å²) < 4.78 is 4.49. The van der Waals surface area contributed by atoms with Crippen molar-refractivity contribution in [2.45, 2.75) is 27.3 Å². The van der Waals surface area contributed by atoms with E-state index in [2.05, 4.69) is 20.3 Å². The van der Waals surface area contributed by atoms with Crippen LogP contribution in [0.4, 0.5) is 0 Å². The number of aromatic nitrogens is 2. The molecule has 0 atom stereocenters. The second-order valence-electron chi connectivity index (χ2n) is 3.17. The van der Waals surface area contributed by atoms with Gasteiger partial charge >= 0.3 is 0 Å². The van der Waals surface area contributed by atoms with Crippen molar-refractivity contribution >= 4 is 5.91 Å². The number of rotatable bonds is 3. The zero-order valence-corrected chi connectivity index (χ0v) is 8.00. The summed E-state index contributed by atoms with van der Waals surface area (Å²) in [6, 6.07) is 0. The van der Waals surface area contributed by atoms with Crippen molar-refractivity contribution in [2.24, 2.45) is 5.92 Å². The SMILES string of the molecule is Cc1nonc1CNC(=O)C(C)C. The van der Waals surface area contributed by atoms with Gasteiger partial charge in [-0.1, -0.05) is 24.2 Å². The van der Waals surface area contributed by atoms with E-state index in [4.69, 9.17) is 0 Å². The summed E-state index contributed by atoms with van der Waals surface area (Å²) in [4.78, 5) is 11.2. The molecule has 0 saturated carbocycles. The largest absolute Gasteiger partial charge is 0.350 e. The molecule has 0 spiro atoms. The van der Waals surface area contributed by atoms with E-state index < -0.39 is 0 Å². The van der Waals surface area contributed by atoms with Gasteiger partial charge in [0.2, 0.25) is 5.91 Å². The Morgan fingerprint density at radius 2 is 2.23 bits per heavy atom. The topological polar surface area (TPSA) is 68.0 Å². The van der Waals surface area contributed by atoms with Crippen molar-refractivity contribution in [3.8, 4) is 0 Å². The van der Waals surface area contributed by atoms with Crippen molar-refractivity contribution in [1.82, 2.24) is 15.6 Å². The van der Waals surface area contributed by atoms with E-state index in [1.54, 1.807) is 6.92 Å². The number of hydrogen-bond acceptors (Lipinski definition) is 4. The minimum atomic E-state index is -0.0137. The van der Waals surface area contributed by atoms with E-state index in [9.17, 15) is 4.79 Å². The van der Waals surface area contributed by atoms with E-state index in [0.717, 1.165) is 0 Å².